The summed E-state index contributed by atoms with van der Waals surface area (Å²) in [7, 11) is 0. The molecular formula is C16H14F3N. The van der Waals surface area contributed by atoms with Crippen LogP contribution in [0.5, 0.6) is 0 Å². The van der Waals surface area contributed by atoms with Gasteiger partial charge in [0, 0.05) is 17.8 Å². The molecule has 1 heterocycles. The van der Waals surface area contributed by atoms with Gasteiger partial charge in [0.05, 0.1) is 5.56 Å². The fraction of sp³-hybridized carbons (Fsp3) is 0.312. The monoisotopic (exact) mass is 277 g/mol. The first-order chi connectivity index (χ1) is 9.57. The molecule has 4 heteroatoms. The Morgan fingerprint density at radius 3 is 2.20 bits per heavy atom. The third kappa shape index (κ3) is 2.30. The van der Waals surface area contributed by atoms with E-state index in [1.54, 1.807) is 18.3 Å². The van der Waals surface area contributed by atoms with Crippen molar-refractivity contribution in [2.75, 3.05) is 0 Å². The highest BCUT2D eigenvalue weighted by atomic mass is 19.4. The van der Waals surface area contributed by atoms with Gasteiger partial charge in [-0.15, -0.1) is 0 Å². The molecule has 0 amide bonds. The second kappa shape index (κ2) is 4.93. The van der Waals surface area contributed by atoms with Crippen molar-refractivity contribution in [3.63, 3.8) is 0 Å². The lowest BCUT2D eigenvalue weighted by Gasteiger charge is -2.37. The molecule has 2 atom stereocenters. The van der Waals surface area contributed by atoms with Crippen molar-refractivity contribution in [3.05, 3.63) is 65.5 Å². The molecule has 0 radical (unpaired) electrons. The lowest BCUT2D eigenvalue weighted by atomic mass is 9.67. The standard InChI is InChI=1S/C16H14F3N/c17-16(18,19)14-6-2-1-5-12(14)11-8-9-13(11)15-7-3-4-10-20-15/h1-7,10-11,13H,8-9H2. The largest absolute Gasteiger partial charge is 0.416 e. The van der Waals surface area contributed by atoms with Crippen molar-refractivity contribution in [2.24, 2.45) is 0 Å². The maximum Gasteiger partial charge on any atom is 0.416 e. The molecule has 1 saturated carbocycles. The van der Waals surface area contributed by atoms with Crippen LogP contribution >= 0.6 is 0 Å². The van der Waals surface area contributed by atoms with Crippen LogP contribution in [-0.4, -0.2) is 4.98 Å². The summed E-state index contributed by atoms with van der Waals surface area (Å²) in [5.74, 6) is 0.0161. The van der Waals surface area contributed by atoms with E-state index in [1.165, 1.54) is 12.1 Å². The van der Waals surface area contributed by atoms with Crippen molar-refractivity contribution in [2.45, 2.75) is 30.9 Å². The van der Waals surface area contributed by atoms with Gasteiger partial charge in [0.15, 0.2) is 0 Å². The van der Waals surface area contributed by atoms with Gasteiger partial charge in [-0.05, 0) is 42.5 Å². The van der Waals surface area contributed by atoms with E-state index in [9.17, 15) is 13.2 Å². The average Bonchev–Trinajstić information content (AvgIpc) is 2.38. The van der Waals surface area contributed by atoms with Crippen LogP contribution < -0.4 is 0 Å². The molecule has 104 valence electrons. The number of halogens is 3. The van der Waals surface area contributed by atoms with Crippen molar-refractivity contribution in [1.82, 2.24) is 4.98 Å². The molecule has 0 N–H and O–H groups in total. The first-order valence-electron chi connectivity index (χ1n) is 6.64. The Morgan fingerprint density at radius 2 is 1.60 bits per heavy atom. The molecule has 0 saturated heterocycles. The van der Waals surface area contributed by atoms with Crippen LogP contribution in [0.1, 0.15) is 41.5 Å². The van der Waals surface area contributed by atoms with E-state index in [2.05, 4.69) is 4.98 Å². The second-order valence-electron chi connectivity index (χ2n) is 5.13. The smallest absolute Gasteiger partial charge is 0.261 e. The van der Waals surface area contributed by atoms with Crippen LogP contribution in [0.3, 0.4) is 0 Å². The zero-order valence-electron chi connectivity index (χ0n) is 10.8. The van der Waals surface area contributed by atoms with Gasteiger partial charge in [-0.25, -0.2) is 0 Å². The Labute approximate surface area is 115 Å². The molecule has 20 heavy (non-hydrogen) atoms. The van der Waals surface area contributed by atoms with Gasteiger partial charge >= 0.3 is 6.18 Å². The lowest BCUT2D eigenvalue weighted by molar-refractivity contribution is -0.138. The third-order valence-electron chi connectivity index (χ3n) is 4.01. The number of hydrogen-bond donors (Lipinski definition) is 0. The van der Waals surface area contributed by atoms with E-state index >= 15 is 0 Å². The van der Waals surface area contributed by atoms with E-state index in [0.29, 0.717) is 5.56 Å². The summed E-state index contributed by atoms with van der Waals surface area (Å²) in [5, 5.41) is 0. The quantitative estimate of drug-likeness (QED) is 0.771. The van der Waals surface area contributed by atoms with Gasteiger partial charge in [0.2, 0.25) is 0 Å². The van der Waals surface area contributed by atoms with Crippen molar-refractivity contribution in [1.29, 1.82) is 0 Å². The Morgan fingerprint density at radius 1 is 0.900 bits per heavy atom. The average molecular weight is 277 g/mol. The lowest BCUT2D eigenvalue weighted by Crippen LogP contribution is -2.25. The summed E-state index contributed by atoms with van der Waals surface area (Å²) in [6, 6.07) is 11.5. The minimum atomic E-state index is -4.29. The summed E-state index contributed by atoms with van der Waals surface area (Å²) in [6.45, 7) is 0. The van der Waals surface area contributed by atoms with Gasteiger partial charge in [-0.3, -0.25) is 4.98 Å². The second-order valence-corrected chi connectivity index (χ2v) is 5.13. The molecule has 1 aromatic heterocycles. The summed E-state index contributed by atoms with van der Waals surface area (Å²) in [4.78, 5) is 4.29. The normalized spacial score (nSPS) is 22.4. The van der Waals surface area contributed by atoms with Crippen LogP contribution in [0.2, 0.25) is 0 Å². The van der Waals surface area contributed by atoms with Gasteiger partial charge in [-0.1, -0.05) is 24.3 Å². The van der Waals surface area contributed by atoms with Crippen LogP contribution in [-0.2, 0) is 6.18 Å². The Balaban J connectivity index is 1.95. The number of nitrogens with zero attached hydrogens (tertiary/aromatic N) is 1. The molecule has 1 aromatic carbocycles. The van der Waals surface area contributed by atoms with Gasteiger partial charge in [0.25, 0.3) is 0 Å². The number of benzene rings is 1. The highest BCUT2D eigenvalue weighted by Gasteiger charge is 2.40. The van der Waals surface area contributed by atoms with Crippen molar-refractivity contribution >= 4 is 0 Å². The topological polar surface area (TPSA) is 12.9 Å². The molecule has 0 aliphatic heterocycles. The van der Waals surface area contributed by atoms with Crippen molar-refractivity contribution < 1.29 is 13.2 Å². The third-order valence-corrected chi connectivity index (χ3v) is 4.01. The summed E-state index contributed by atoms with van der Waals surface area (Å²) >= 11 is 0. The molecule has 1 nitrogen and oxygen atoms in total. The highest BCUT2D eigenvalue weighted by molar-refractivity contribution is 5.37. The first-order valence-corrected chi connectivity index (χ1v) is 6.64. The van der Waals surface area contributed by atoms with Gasteiger partial charge in [-0.2, -0.15) is 13.2 Å². The molecule has 2 aromatic rings. The van der Waals surface area contributed by atoms with Crippen LogP contribution in [0.25, 0.3) is 0 Å². The SMILES string of the molecule is FC(F)(F)c1ccccc1C1CCC1c1ccccn1. The molecular weight excluding hydrogens is 263 g/mol. The highest BCUT2D eigenvalue weighted by Crippen LogP contribution is 2.51. The molecule has 1 fully saturated rings. The number of hydrogen-bond acceptors (Lipinski definition) is 1. The maximum atomic E-state index is 13.1. The van der Waals surface area contributed by atoms with Crippen LogP contribution in [0.4, 0.5) is 13.2 Å². The fourth-order valence-electron chi connectivity index (χ4n) is 2.90. The van der Waals surface area contributed by atoms with E-state index < -0.39 is 11.7 Å². The zero-order chi connectivity index (χ0) is 14.2. The predicted octanol–water partition coefficient (Wildman–Crippen LogP) is 4.76. The summed E-state index contributed by atoms with van der Waals surface area (Å²) < 4.78 is 39.2. The summed E-state index contributed by atoms with van der Waals surface area (Å²) in [6.07, 6.45) is -0.913. The Bertz CT molecular complexity index is 592. The van der Waals surface area contributed by atoms with Crippen molar-refractivity contribution in [3.8, 4) is 0 Å². The van der Waals surface area contributed by atoms with Crippen LogP contribution in [0.15, 0.2) is 48.7 Å². The molecule has 0 bridgehead atoms. The van der Waals surface area contributed by atoms with Gasteiger partial charge < -0.3 is 0 Å². The fourth-order valence-corrected chi connectivity index (χ4v) is 2.90. The minimum absolute atomic E-state index is 0.0808. The van der Waals surface area contributed by atoms with Gasteiger partial charge in [0.1, 0.15) is 0 Å². The zero-order valence-corrected chi connectivity index (χ0v) is 10.8. The maximum absolute atomic E-state index is 13.1. The van der Waals surface area contributed by atoms with E-state index in [0.717, 1.165) is 18.5 Å². The minimum Gasteiger partial charge on any atom is -0.261 e. The van der Waals surface area contributed by atoms with E-state index in [-0.39, 0.29) is 11.8 Å². The molecule has 1 aliphatic rings. The van der Waals surface area contributed by atoms with E-state index in [4.69, 9.17) is 0 Å². The molecule has 0 spiro atoms. The number of aromatic nitrogens is 1. The Kier molecular flexibility index (Phi) is 3.24. The Hall–Kier alpha value is -1.84. The first kappa shape index (κ1) is 13.2. The number of rotatable bonds is 2. The van der Waals surface area contributed by atoms with E-state index in [1.807, 2.05) is 18.2 Å². The summed E-state index contributed by atoms with van der Waals surface area (Å²) in [5.41, 5.74) is 0.785. The molecule has 1 aliphatic carbocycles. The number of alkyl halides is 3. The van der Waals surface area contributed by atoms with Crippen LogP contribution in [0, 0.1) is 0 Å². The number of pyridine rings is 1. The predicted molar refractivity (Wildman–Crippen MR) is 70.4 cm³/mol. The molecule has 2 unspecified atom stereocenters. The molecule has 3 rings (SSSR count).